The Balaban J connectivity index is 1.51. The lowest BCUT2D eigenvalue weighted by atomic mass is 10.1. The molecule has 31 heavy (non-hydrogen) atoms. The van der Waals surface area contributed by atoms with Crippen LogP contribution in [0.4, 0.5) is 4.39 Å². The van der Waals surface area contributed by atoms with Gasteiger partial charge in [-0.25, -0.2) is 9.37 Å². The van der Waals surface area contributed by atoms with Crippen molar-refractivity contribution in [2.24, 2.45) is 0 Å². The molecule has 156 valence electrons. The summed E-state index contributed by atoms with van der Waals surface area (Å²) in [6.07, 6.45) is 0. The molecule has 0 bridgehead atoms. The van der Waals surface area contributed by atoms with Crippen LogP contribution in [-0.2, 0) is 11.3 Å². The summed E-state index contributed by atoms with van der Waals surface area (Å²) in [5.74, 6) is 0.445. The Morgan fingerprint density at radius 1 is 1.00 bits per heavy atom. The summed E-state index contributed by atoms with van der Waals surface area (Å²) >= 11 is 0. The zero-order chi connectivity index (χ0) is 21.6. The fourth-order valence-corrected chi connectivity index (χ4v) is 3.22. The highest BCUT2D eigenvalue weighted by molar-refractivity contribution is 5.88. The fraction of sp³-hybridized carbons (Fsp3) is 0.120. The normalized spacial score (nSPS) is 10.6. The Bertz CT molecular complexity index is 1210. The fourth-order valence-electron chi connectivity index (χ4n) is 3.22. The van der Waals surface area contributed by atoms with Crippen LogP contribution < -0.4 is 14.8 Å². The van der Waals surface area contributed by atoms with Crippen molar-refractivity contribution in [3.63, 3.8) is 0 Å². The minimum atomic E-state index is -0.394. The summed E-state index contributed by atoms with van der Waals surface area (Å²) in [6.45, 7) is 0.147. The van der Waals surface area contributed by atoms with Crippen molar-refractivity contribution in [1.82, 2.24) is 10.3 Å². The maximum absolute atomic E-state index is 13.8. The molecule has 4 aromatic rings. The predicted molar refractivity (Wildman–Crippen MR) is 117 cm³/mol. The van der Waals surface area contributed by atoms with Crippen molar-refractivity contribution < 1.29 is 18.7 Å². The highest BCUT2D eigenvalue weighted by Gasteiger charge is 2.12. The van der Waals surface area contributed by atoms with Crippen LogP contribution in [0.15, 0.2) is 78.9 Å². The minimum absolute atomic E-state index is 0.201. The van der Waals surface area contributed by atoms with Crippen molar-refractivity contribution in [3.05, 3.63) is 90.2 Å². The maximum atomic E-state index is 13.8. The quantitative estimate of drug-likeness (QED) is 0.473. The Labute approximate surface area is 179 Å². The van der Waals surface area contributed by atoms with E-state index in [2.05, 4.69) is 10.3 Å². The van der Waals surface area contributed by atoms with E-state index in [0.717, 1.165) is 16.9 Å². The molecular formula is C25H21FN2O3. The SMILES string of the molecule is COc1cccc(CNC(=O)COc2cc(-c3ccccc3)nc3ccc(F)cc23)c1. The molecule has 0 spiro atoms. The number of nitrogens with zero attached hydrogens (tertiary/aromatic N) is 1. The van der Waals surface area contributed by atoms with Gasteiger partial charge in [-0.05, 0) is 35.9 Å². The molecule has 0 atom stereocenters. The second-order valence-corrected chi connectivity index (χ2v) is 6.95. The molecule has 4 rings (SSSR count). The lowest BCUT2D eigenvalue weighted by molar-refractivity contribution is -0.123. The summed E-state index contributed by atoms with van der Waals surface area (Å²) in [4.78, 5) is 17.0. The number of aromatic nitrogens is 1. The lowest BCUT2D eigenvalue weighted by Gasteiger charge is -2.12. The van der Waals surface area contributed by atoms with E-state index in [1.807, 2.05) is 54.6 Å². The smallest absolute Gasteiger partial charge is 0.258 e. The minimum Gasteiger partial charge on any atom is -0.497 e. The van der Waals surface area contributed by atoms with E-state index in [1.54, 1.807) is 19.2 Å². The van der Waals surface area contributed by atoms with E-state index in [1.165, 1.54) is 12.1 Å². The average molecular weight is 416 g/mol. The third-order valence-electron chi connectivity index (χ3n) is 4.78. The number of rotatable bonds is 7. The molecule has 1 amide bonds. The van der Waals surface area contributed by atoms with Crippen LogP contribution in [-0.4, -0.2) is 24.6 Å². The number of carbonyl (C=O) groups is 1. The molecule has 1 aromatic heterocycles. The van der Waals surface area contributed by atoms with Gasteiger partial charge in [-0.3, -0.25) is 4.79 Å². The van der Waals surface area contributed by atoms with Gasteiger partial charge in [0.1, 0.15) is 17.3 Å². The van der Waals surface area contributed by atoms with Crippen molar-refractivity contribution in [3.8, 4) is 22.8 Å². The lowest BCUT2D eigenvalue weighted by Crippen LogP contribution is -2.28. The van der Waals surface area contributed by atoms with Gasteiger partial charge in [0.15, 0.2) is 6.61 Å². The van der Waals surface area contributed by atoms with Crippen LogP contribution in [0.3, 0.4) is 0 Å². The van der Waals surface area contributed by atoms with E-state index in [4.69, 9.17) is 9.47 Å². The van der Waals surface area contributed by atoms with E-state index in [0.29, 0.717) is 28.9 Å². The number of amides is 1. The number of fused-ring (bicyclic) bond motifs is 1. The largest absolute Gasteiger partial charge is 0.497 e. The first-order valence-electron chi connectivity index (χ1n) is 9.80. The zero-order valence-electron chi connectivity index (χ0n) is 17.0. The number of benzene rings is 3. The summed E-state index contributed by atoms with van der Waals surface area (Å²) in [5, 5.41) is 3.33. The second kappa shape index (κ2) is 9.26. The van der Waals surface area contributed by atoms with Gasteiger partial charge >= 0.3 is 0 Å². The average Bonchev–Trinajstić information content (AvgIpc) is 2.81. The molecule has 0 aliphatic rings. The van der Waals surface area contributed by atoms with Crippen LogP contribution >= 0.6 is 0 Å². The highest BCUT2D eigenvalue weighted by atomic mass is 19.1. The van der Waals surface area contributed by atoms with Gasteiger partial charge in [-0.2, -0.15) is 0 Å². The molecule has 1 N–H and O–H groups in total. The summed E-state index contributed by atoms with van der Waals surface area (Å²) in [7, 11) is 1.59. The number of hydrogen-bond acceptors (Lipinski definition) is 4. The number of methoxy groups -OCH3 is 1. The number of hydrogen-bond donors (Lipinski definition) is 1. The van der Waals surface area contributed by atoms with Gasteiger partial charge in [-0.15, -0.1) is 0 Å². The molecule has 0 aliphatic heterocycles. The van der Waals surface area contributed by atoms with Crippen LogP contribution in [0.5, 0.6) is 11.5 Å². The highest BCUT2D eigenvalue weighted by Crippen LogP contribution is 2.30. The van der Waals surface area contributed by atoms with Crippen LogP contribution in [0.2, 0.25) is 0 Å². The van der Waals surface area contributed by atoms with Crippen LogP contribution in [0.25, 0.3) is 22.2 Å². The Morgan fingerprint density at radius 3 is 2.65 bits per heavy atom. The summed E-state index contributed by atoms with van der Waals surface area (Å²) < 4.78 is 24.8. The molecule has 0 fully saturated rings. The van der Waals surface area contributed by atoms with E-state index in [-0.39, 0.29) is 12.5 Å². The topological polar surface area (TPSA) is 60.5 Å². The van der Waals surface area contributed by atoms with Crippen molar-refractivity contribution in [2.75, 3.05) is 13.7 Å². The maximum Gasteiger partial charge on any atom is 0.258 e. The first-order valence-corrected chi connectivity index (χ1v) is 9.80. The van der Waals surface area contributed by atoms with Gasteiger partial charge in [0.25, 0.3) is 5.91 Å². The second-order valence-electron chi connectivity index (χ2n) is 6.95. The Kier molecular flexibility index (Phi) is 6.08. The molecule has 0 unspecified atom stereocenters. The Morgan fingerprint density at radius 2 is 1.84 bits per heavy atom. The molecule has 0 saturated carbocycles. The summed E-state index contributed by atoms with van der Waals surface area (Å²) in [6, 6.07) is 23.1. The molecule has 1 heterocycles. The van der Waals surface area contributed by atoms with Gasteiger partial charge in [-0.1, -0.05) is 42.5 Å². The van der Waals surface area contributed by atoms with Crippen molar-refractivity contribution in [1.29, 1.82) is 0 Å². The summed E-state index contributed by atoms with van der Waals surface area (Å²) in [5.41, 5.74) is 3.09. The Hall–Kier alpha value is -3.93. The van der Waals surface area contributed by atoms with Crippen LogP contribution in [0.1, 0.15) is 5.56 Å². The molecule has 0 aliphatic carbocycles. The molecule has 0 radical (unpaired) electrons. The van der Waals surface area contributed by atoms with Gasteiger partial charge in [0.2, 0.25) is 0 Å². The number of halogens is 1. The third-order valence-corrected chi connectivity index (χ3v) is 4.78. The molecule has 3 aromatic carbocycles. The zero-order valence-corrected chi connectivity index (χ0v) is 17.0. The predicted octanol–water partition coefficient (Wildman–Crippen LogP) is 4.74. The number of pyridine rings is 1. The third kappa shape index (κ3) is 4.98. The van der Waals surface area contributed by atoms with Gasteiger partial charge < -0.3 is 14.8 Å². The van der Waals surface area contributed by atoms with E-state index >= 15 is 0 Å². The van der Waals surface area contributed by atoms with Crippen molar-refractivity contribution in [2.45, 2.75) is 6.54 Å². The molecule has 6 heteroatoms. The molecule has 0 saturated heterocycles. The van der Waals surface area contributed by atoms with Crippen LogP contribution in [0, 0.1) is 5.82 Å². The van der Waals surface area contributed by atoms with E-state index < -0.39 is 5.82 Å². The standard InChI is InChI=1S/C25H21FN2O3/c1-30-20-9-5-6-17(12-20)15-27-25(29)16-31-24-14-23(18-7-3-2-4-8-18)28-22-11-10-19(26)13-21(22)24/h2-14H,15-16H2,1H3,(H,27,29). The molecule has 5 nitrogen and oxygen atoms in total. The monoisotopic (exact) mass is 416 g/mol. The first kappa shape index (κ1) is 20.3. The van der Waals surface area contributed by atoms with Gasteiger partial charge in [0.05, 0.1) is 18.3 Å². The van der Waals surface area contributed by atoms with Gasteiger partial charge in [0, 0.05) is 23.6 Å². The van der Waals surface area contributed by atoms with E-state index in [9.17, 15) is 9.18 Å². The molecular weight excluding hydrogens is 395 g/mol. The first-order chi connectivity index (χ1) is 15.1. The number of ether oxygens (including phenoxy) is 2. The number of nitrogens with one attached hydrogen (secondary N) is 1. The number of carbonyl (C=O) groups excluding carboxylic acids is 1. The van der Waals surface area contributed by atoms with Crippen molar-refractivity contribution >= 4 is 16.8 Å².